The smallest absolute Gasteiger partial charge is 0.0960 e. The van der Waals surface area contributed by atoms with Crippen LogP contribution < -0.4 is 5.32 Å². The van der Waals surface area contributed by atoms with Gasteiger partial charge in [-0.2, -0.15) is 0 Å². The van der Waals surface area contributed by atoms with E-state index in [4.69, 9.17) is 0 Å². The Labute approximate surface area is 90.6 Å². The van der Waals surface area contributed by atoms with Gasteiger partial charge < -0.3 is 5.32 Å². The van der Waals surface area contributed by atoms with Gasteiger partial charge in [0.25, 0.3) is 0 Å². The SMILES string of the molecule is Brc1ccc(SCC2CNC2)nc1. The second kappa shape index (κ2) is 4.44. The molecule has 0 saturated carbocycles. The zero-order valence-corrected chi connectivity index (χ0v) is 9.57. The molecule has 70 valence electrons. The molecule has 1 aromatic rings. The van der Waals surface area contributed by atoms with Crippen LogP contribution in [0.3, 0.4) is 0 Å². The van der Waals surface area contributed by atoms with Gasteiger partial charge in [-0.1, -0.05) is 0 Å². The lowest BCUT2D eigenvalue weighted by molar-refractivity contribution is 0.385. The van der Waals surface area contributed by atoms with Gasteiger partial charge in [-0.25, -0.2) is 4.98 Å². The molecule has 13 heavy (non-hydrogen) atoms. The normalized spacial score (nSPS) is 17.0. The number of nitrogens with zero attached hydrogens (tertiary/aromatic N) is 1. The first-order chi connectivity index (χ1) is 6.34. The molecule has 0 unspecified atom stereocenters. The highest BCUT2D eigenvalue weighted by atomic mass is 79.9. The molecule has 0 spiro atoms. The van der Waals surface area contributed by atoms with Crippen molar-refractivity contribution in [2.75, 3.05) is 18.8 Å². The van der Waals surface area contributed by atoms with Crippen LogP contribution in [0.5, 0.6) is 0 Å². The lowest BCUT2D eigenvalue weighted by Gasteiger charge is -2.26. The van der Waals surface area contributed by atoms with Gasteiger partial charge in [0.05, 0.1) is 5.03 Å². The first-order valence-electron chi connectivity index (χ1n) is 4.29. The summed E-state index contributed by atoms with van der Waals surface area (Å²) in [5, 5.41) is 4.39. The van der Waals surface area contributed by atoms with E-state index < -0.39 is 0 Å². The minimum Gasteiger partial charge on any atom is -0.316 e. The molecule has 1 saturated heterocycles. The maximum Gasteiger partial charge on any atom is 0.0960 e. The van der Waals surface area contributed by atoms with E-state index in [0.717, 1.165) is 15.4 Å². The number of hydrogen-bond donors (Lipinski definition) is 1. The predicted octanol–water partition coefficient (Wildman–Crippen LogP) is 2.16. The molecule has 0 amide bonds. The number of rotatable bonds is 3. The predicted molar refractivity (Wildman–Crippen MR) is 59.0 cm³/mol. The fraction of sp³-hybridized carbons (Fsp3) is 0.444. The van der Waals surface area contributed by atoms with Crippen molar-refractivity contribution in [1.82, 2.24) is 10.3 Å². The first kappa shape index (κ1) is 9.49. The third-order valence-electron chi connectivity index (χ3n) is 2.03. The molecule has 1 aliphatic rings. The third kappa shape index (κ3) is 2.69. The number of thioether (sulfide) groups is 1. The Morgan fingerprint density at radius 2 is 2.38 bits per heavy atom. The van der Waals surface area contributed by atoms with Crippen LogP contribution in [0.2, 0.25) is 0 Å². The molecule has 2 heterocycles. The molecule has 0 aliphatic carbocycles. The van der Waals surface area contributed by atoms with Crippen molar-refractivity contribution in [3.63, 3.8) is 0 Å². The van der Waals surface area contributed by atoms with Crippen molar-refractivity contribution >= 4 is 27.7 Å². The Balaban J connectivity index is 1.83. The summed E-state index contributed by atoms with van der Waals surface area (Å²) in [6, 6.07) is 4.09. The van der Waals surface area contributed by atoms with Crippen molar-refractivity contribution in [3.8, 4) is 0 Å². The van der Waals surface area contributed by atoms with Gasteiger partial charge >= 0.3 is 0 Å². The molecule has 2 rings (SSSR count). The third-order valence-corrected chi connectivity index (χ3v) is 3.68. The van der Waals surface area contributed by atoms with E-state index in [1.807, 2.05) is 24.0 Å². The summed E-state index contributed by atoms with van der Waals surface area (Å²) in [6.45, 7) is 2.34. The summed E-state index contributed by atoms with van der Waals surface area (Å²) in [6.07, 6.45) is 1.85. The van der Waals surface area contributed by atoms with Gasteiger partial charge in [0.2, 0.25) is 0 Å². The Morgan fingerprint density at radius 1 is 1.54 bits per heavy atom. The molecule has 0 aromatic carbocycles. The Bertz CT molecular complexity index is 271. The summed E-state index contributed by atoms with van der Waals surface area (Å²) < 4.78 is 1.04. The zero-order chi connectivity index (χ0) is 9.10. The van der Waals surface area contributed by atoms with E-state index in [2.05, 4.69) is 32.3 Å². The summed E-state index contributed by atoms with van der Waals surface area (Å²) >= 11 is 5.21. The van der Waals surface area contributed by atoms with E-state index in [0.29, 0.717) is 0 Å². The van der Waals surface area contributed by atoms with Crippen molar-refractivity contribution in [3.05, 3.63) is 22.8 Å². The fourth-order valence-corrected chi connectivity index (χ4v) is 2.29. The minimum absolute atomic E-state index is 0.843. The second-order valence-corrected chi connectivity index (χ2v) is 5.11. The highest BCUT2D eigenvalue weighted by molar-refractivity contribution is 9.10. The van der Waals surface area contributed by atoms with Gasteiger partial charge in [-0.05, 0) is 47.1 Å². The zero-order valence-electron chi connectivity index (χ0n) is 7.16. The molecule has 2 nitrogen and oxygen atoms in total. The molecule has 1 N–H and O–H groups in total. The Hall–Kier alpha value is -0.0600. The summed E-state index contributed by atoms with van der Waals surface area (Å²) in [5.74, 6) is 2.03. The first-order valence-corrected chi connectivity index (χ1v) is 6.07. The van der Waals surface area contributed by atoms with Crippen molar-refractivity contribution < 1.29 is 0 Å². The summed E-state index contributed by atoms with van der Waals surface area (Å²) in [4.78, 5) is 4.30. The maximum absolute atomic E-state index is 4.30. The Morgan fingerprint density at radius 3 is 2.92 bits per heavy atom. The molecule has 4 heteroatoms. The van der Waals surface area contributed by atoms with Crippen LogP contribution in [0.15, 0.2) is 27.8 Å². The molecule has 0 radical (unpaired) electrons. The minimum atomic E-state index is 0.843. The molecular weight excluding hydrogens is 248 g/mol. The van der Waals surface area contributed by atoms with Crippen LogP contribution in [-0.2, 0) is 0 Å². The molecule has 0 atom stereocenters. The van der Waals surface area contributed by atoms with Crippen LogP contribution in [0.1, 0.15) is 0 Å². The van der Waals surface area contributed by atoms with E-state index >= 15 is 0 Å². The molecule has 1 fully saturated rings. The highest BCUT2D eigenvalue weighted by Gasteiger charge is 2.16. The van der Waals surface area contributed by atoms with Gasteiger partial charge in [0.1, 0.15) is 0 Å². The van der Waals surface area contributed by atoms with Crippen LogP contribution >= 0.6 is 27.7 Å². The number of pyridine rings is 1. The number of aromatic nitrogens is 1. The average Bonchev–Trinajstić information content (AvgIpc) is 2.05. The highest BCUT2D eigenvalue weighted by Crippen LogP contribution is 2.21. The second-order valence-electron chi connectivity index (χ2n) is 3.15. The van der Waals surface area contributed by atoms with Crippen LogP contribution in [0.4, 0.5) is 0 Å². The van der Waals surface area contributed by atoms with E-state index in [9.17, 15) is 0 Å². The average molecular weight is 259 g/mol. The quantitative estimate of drug-likeness (QED) is 0.842. The van der Waals surface area contributed by atoms with Crippen molar-refractivity contribution in [2.45, 2.75) is 5.03 Å². The molecule has 0 bridgehead atoms. The van der Waals surface area contributed by atoms with Gasteiger partial charge in [0, 0.05) is 16.4 Å². The lowest BCUT2D eigenvalue weighted by Crippen LogP contribution is -2.43. The van der Waals surface area contributed by atoms with E-state index in [1.165, 1.54) is 18.8 Å². The standard InChI is InChI=1S/C9H11BrN2S/c10-8-1-2-9(12-5-8)13-6-7-3-11-4-7/h1-2,5,7,11H,3-4,6H2. The monoisotopic (exact) mass is 258 g/mol. The molecular formula is C9H11BrN2S. The largest absolute Gasteiger partial charge is 0.316 e. The van der Waals surface area contributed by atoms with Crippen molar-refractivity contribution in [2.24, 2.45) is 5.92 Å². The van der Waals surface area contributed by atoms with Crippen molar-refractivity contribution in [1.29, 1.82) is 0 Å². The lowest BCUT2D eigenvalue weighted by atomic mass is 10.1. The van der Waals surface area contributed by atoms with Crippen LogP contribution in [-0.4, -0.2) is 23.8 Å². The maximum atomic E-state index is 4.30. The van der Waals surface area contributed by atoms with E-state index in [1.54, 1.807) is 0 Å². The Kier molecular flexibility index (Phi) is 3.24. The van der Waals surface area contributed by atoms with E-state index in [-0.39, 0.29) is 0 Å². The summed E-state index contributed by atoms with van der Waals surface area (Å²) in [7, 11) is 0. The van der Waals surface area contributed by atoms with Gasteiger partial charge in [-0.15, -0.1) is 11.8 Å². The molecule has 1 aliphatic heterocycles. The van der Waals surface area contributed by atoms with Crippen LogP contribution in [0.25, 0.3) is 0 Å². The van der Waals surface area contributed by atoms with Gasteiger partial charge in [-0.3, -0.25) is 0 Å². The number of hydrogen-bond acceptors (Lipinski definition) is 3. The number of halogens is 1. The fourth-order valence-electron chi connectivity index (χ4n) is 1.12. The van der Waals surface area contributed by atoms with Crippen LogP contribution in [0, 0.1) is 5.92 Å². The number of nitrogens with one attached hydrogen (secondary N) is 1. The van der Waals surface area contributed by atoms with Gasteiger partial charge in [0.15, 0.2) is 0 Å². The molecule has 1 aromatic heterocycles. The summed E-state index contributed by atoms with van der Waals surface area (Å²) in [5.41, 5.74) is 0. The topological polar surface area (TPSA) is 24.9 Å².